The Balaban J connectivity index is 1.65. The zero-order valence-electron chi connectivity index (χ0n) is 20.8. The fraction of sp³-hybridized carbons (Fsp3) is 0.308. The van der Waals surface area contributed by atoms with E-state index in [1.165, 1.54) is 23.6 Å². The molecule has 2 heterocycles. The summed E-state index contributed by atoms with van der Waals surface area (Å²) in [4.78, 5) is 13.1. The van der Waals surface area contributed by atoms with Crippen LogP contribution in [-0.2, 0) is 23.1 Å². The first kappa shape index (κ1) is 29.2. The Morgan fingerprint density at radius 1 is 1.08 bits per heavy atom. The Labute approximate surface area is 240 Å². The maximum atomic E-state index is 13.6. The van der Waals surface area contributed by atoms with Gasteiger partial charge in [-0.3, -0.25) is 10.1 Å². The molecule has 9 nitrogen and oxygen atoms in total. The van der Waals surface area contributed by atoms with Crippen LogP contribution in [0.15, 0.2) is 66.2 Å². The van der Waals surface area contributed by atoms with Crippen molar-refractivity contribution in [2.24, 2.45) is 0 Å². The summed E-state index contributed by atoms with van der Waals surface area (Å²) in [7, 11) is -4.35. The first-order chi connectivity index (χ1) is 18.8. The van der Waals surface area contributed by atoms with Crippen molar-refractivity contribution in [1.29, 1.82) is 0 Å². The smallest absolute Gasteiger partial charge is 0.328 e. The van der Waals surface area contributed by atoms with Crippen LogP contribution in [0, 0.1) is 10.1 Å². The number of thiophene rings is 1. The van der Waals surface area contributed by atoms with Gasteiger partial charge in [-0.25, -0.2) is 0 Å². The second-order valence-corrected chi connectivity index (χ2v) is 12.1. The highest BCUT2D eigenvalue weighted by Crippen LogP contribution is 2.38. The van der Waals surface area contributed by atoms with Gasteiger partial charge in [-0.05, 0) is 71.3 Å². The van der Waals surface area contributed by atoms with Gasteiger partial charge in [-0.1, -0.05) is 17.4 Å². The number of aliphatic hydroxyl groups is 1. The molecule has 1 N–H and O–H groups in total. The number of benzene rings is 2. The largest absolute Gasteiger partial charge is 0.395 e. The number of rotatable bonds is 14. The van der Waals surface area contributed by atoms with Crippen LogP contribution in [-0.4, -0.2) is 54.5 Å². The number of hydrogen-bond acceptors (Lipinski definition) is 8. The number of anilines is 1. The SMILES string of the molecule is O=[N+]([O-])c1sccc1C(Cc1ccc2c(ccn2CCO)c1)S(=O)(=O)Oc1ccc(N(CCCl)CCCl)cc1. The summed E-state index contributed by atoms with van der Waals surface area (Å²) in [5.41, 5.74) is 2.46. The summed E-state index contributed by atoms with van der Waals surface area (Å²) in [6.45, 7) is 1.57. The van der Waals surface area contributed by atoms with Crippen molar-refractivity contribution in [1.82, 2.24) is 4.57 Å². The summed E-state index contributed by atoms with van der Waals surface area (Å²) in [6.07, 6.45) is 1.81. The van der Waals surface area contributed by atoms with Crippen molar-refractivity contribution in [2.75, 3.05) is 36.4 Å². The zero-order chi connectivity index (χ0) is 28.0. The van der Waals surface area contributed by atoms with E-state index >= 15 is 0 Å². The maximum Gasteiger partial charge on any atom is 0.328 e. The van der Waals surface area contributed by atoms with E-state index in [0.717, 1.165) is 27.9 Å². The number of hydrogen-bond donors (Lipinski definition) is 1. The molecule has 0 aliphatic rings. The van der Waals surface area contributed by atoms with Crippen molar-refractivity contribution in [3.05, 3.63) is 87.4 Å². The van der Waals surface area contributed by atoms with E-state index in [4.69, 9.17) is 27.4 Å². The van der Waals surface area contributed by atoms with Crippen LogP contribution in [0.2, 0.25) is 0 Å². The molecule has 4 aromatic rings. The highest BCUT2D eigenvalue weighted by atomic mass is 35.5. The van der Waals surface area contributed by atoms with Crippen molar-refractivity contribution in [2.45, 2.75) is 18.2 Å². The van der Waals surface area contributed by atoms with Crippen LogP contribution in [0.5, 0.6) is 5.75 Å². The average molecular weight is 613 g/mol. The lowest BCUT2D eigenvalue weighted by molar-refractivity contribution is -0.380. The number of halogens is 2. The lowest BCUT2D eigenvalue weighted by Gasteiger charge is -2.23. The molecule has 0 radical (unpaired) electrons. The fourth-order valence-corrected chi connectivity index (χ4v) is 7.10. The lowest BCUT2D eigenvalue weighted by atomic mass is 10.0. The van der Waals surface area contributed by atoms with Gasteiger partial charge >= 0.3 is 15.1 Å². The second-order valence-electron chi connectivity index (χ2n) is 8.69. The van der Waals surface area contributed by atoms with Gasteiger partial charge < -0.3 is 18.8 Å². The fourth-order valence-electron chi connectivity index (χ4n) is 4.44. The van der Waals surface area contributed by atoms with Crippen molar-refractivity contribution >= 4 is 66.2 Å². The van der Waals surface area contributed by atoms with Crippen molar-refractivity contribution < 1.29 is 22.6 Å². The highest BCUT2D eigenvalue weighted by Gasteiger charge is 2.36. The Bertz CT molecular complexity index is 1520. The molecule has 0 saturated carbocycles. The Morgan fingerprint density at radius 3 is 2.44 bits per heavy atom. The molecule has 1 atom stereocenters. The first-order valence-corrected chi connectivity index (χ1v) is 15.5. The van der Waals surface area contributed by atoms with Gasteiger partial charge in [0, 0.05) is 48.8 Å². The maximum absolute atomic E-state index is 13.6. The first-order valence-electron chi connectivity index (χ1n) is 12.1. The minimum absolute atomic E-state index is 0.0105. The van der Waals surface area contributed by atoms with Crippen LogP contribution in [0.3, 0.4) is 0 Å². The van der Waals surface area contributed by atoms with Gasteiger partial charge in [0.25, 0.3) is 0 Å². The topological polar surface area (TPSA) is 115 Å². The van der Waals surface area contributed by atoms with Gasteiger partial charge in [0.15, 0.2) is 0 Å². The summed E-state index contributed by atoms with van der Waals surface area (Å²) in [6, 6.07) is 15.3. The number of fused-ring (bicyclic) bond motifs is 1. The Morgan fingerprint density at radius 2 is 1.79 bits per heavy atom. The monoisotopic (exact) mass is 611 g/mol. The highest BCUT2D eigenvalue weighted by molar-refractivity contribution is 7.87. The Kier molecular flexibility index (Phi) is 9.73. The van der Waals surface area contributed by atoms with E-state index in [2.05, 4.69) is 0 Å². The standard InChI is InChI=1S/C26H27Cl2N3O6S2/c27-9-12-29(13-10-28)21-2-4-22(5-3-21)37-39(35,36)25(23-8-16-38-26(23)31(33)34)18-19-1-6-24-20(17-19)7-11-30(24)14-15-32/h1-8,11,16-17,25,32H,9-10,12-15,18H2. The number of alkyl halides is 2. The molecule has 0 saturated heterocycles. The number of aromatic nitrogens is 1. The molecule has 0 spiro atoms. The molecule has 0 amide bonds. The molecule has 0 aliphatic heterocycles. The van der Waals surface area contributed by atoms with E-state index in [1.54, 1.807) is 18.2 Å². The quantitative estimate of drug-likeness (QED) is 0.0856. The molecular formula is C26H27Cl2N3O6S2. The van der Waals surface area contributed by atoms with Crippen LogP contribution in [0.4, 0.5) is 10.7 Å². The predicted octanol–water partition coefficient (Wildman–Crippen LogP) is 5.58. The minimum atomic E-state index is -4.35. The summed E-state index contributed by atoms with van der Waals surface area (Å²) in [5.74, 6) is 0.903. The van der Waals surface area contributed by atoms with Gasteiger partial charge in [0.05, 0.1) is 17.1 Å². The molecule has 2 aromatic heterocycles. The molecule has 208 valence electrons. The van der Waals surface area contributed by atoms with Crippen molar-refractivity contribution in [3.8, 4) is 5.75 Å². The molecule has 13 heteroatoms. The average Bonchev–Trinajstić information content (AvgIpc) is 3.55. The third kappa shape index (κ3) is 6.85. The molecule has 2 aromatic carbocycles. The normalized spacial score (nSPS) is 12.5. The number of aliphatic hydroxyl groups excluding tert-OH is 1. The summed E-state index contributed by atoms with van der Waals surface area (Å²) < 4.78 is 34.7. The van der Waals surface area contributed by atoms with Gasteiger partial charge in [-0.15, -0.1) is 23.2 Å². The number of nitrogens with zero attached hydrogens (tertiary/aromatic N) is 3. The zero-order valence-corrected chi connectivity index (χ0v) is 23.9. The third-order valence-electron chi connectivity index (χ3n) is 6.26. The van der Waals surface area contributed by atoms with Crippen LogP contribution >= 0.6 is 34.5 Å². The van der Waals surface area contributed by atoms with E-state index in [0.29, 0.717) is 37.0 Å². The molecule has 0 fully saturated rings. The third-order valence-corrected chi connectivity index (χ3v) is 9.02. The van der Waals surface area contributed by atoms with Gasteiger partial charge in [0.2, 0.25) is 0 Å². The van der Waals surface area contributed by atoms with Gasteiger partial charge in [0.1, 0.15) is 11.0 Å². The van der Waals surface area contributed by atoms with E-state index in [1.807, 2.05) is 33.9 Å². The summed E-state index contributed by atoms with van der Waals surface area (Å²) in [5, 5.41) is 21.8. The predicted molar refractivity (Wildman–Crippen MR) is 156 cm³/mol. The molecular weight excluding hydrogens is 585 g/mol. The molecule has 0 aliphatic carbocycles. The second kappa shape index (κ2) is 13.0. The van der Waals surface area contributed by atoms with E-state index < -0.39 is 20.3 Å². The van der Waals surface area contributed by atoms with Gasteiger partial charge in [-0.2, -0.15) is 8.42 Å². The van der Waals surface area contributed by atoms with Crippen LogP contribution < -0.4 is 9.08 Å². The van der Waals surface area contributed by atoms with Crippen LogP contribution in [0.25, 0.3) is 10.9 Å². The molecule has 4 rings (SSSR count). The minimum Gasteiger partial charge on any atom is -0.395 e. The lowest BCUT2D eigenvalue weighted by Crippen LogP contribution is -2.27. The van der Waals surface area contributed by atoms with E-state index in [-0.39, 0.29) is 29.3 Å². The molecule has 1 unspecified atom stereocenters. The van der Waals surface area contributed by atoms with E-state index in [9.17, 15) is 23.6 Å². The van der Waals surface area contributed by atoms with Crippen LogP contribution in [0.1, 0.15) is 16.4 Å². The van der Waals surface area contributed by atoms with Crippen molar-refractivity contribution in [3.63, 3.8) is 0 Å². The summed E-state index contributed by atoms with van der Waals surface area (Å²) >= 11 is 12.6. The molecule has 39 heavy (non-hydrogen) atoms. The Hall–Kier alpha value is -2.83. The molecule has 0 bridgehead atoms. The number of nitro groups is 1.